The van der Waals surface area contributed by atoms with Gasteiger partial charge in [0.05, 0.1) is 0 Å². The minimum absolute atomic E-state index is 0.213. The average molecular weight is 309 g/mol. The topological polar surface area (TPSA) is 41.9 Å². The van der Waals surface area contributed by atoms with Gasteiger partial charge >= 0.3 is 0 Å². The summed E-state index contributed by atoms with van der Waals surface area (Å²) < 4.78 is 0. The molecule has 0 atom stereocenters. The molecule has 2 aromatic rings. The van der Waals surface area contributed by atoms with Crippen molar-refractivity contribution in [1.29, 1.82) is 0 Å². The lowest BCUT2D eigenvalue weighted by Crippen LogP contribution is -2.13. The molecule has 4 nitrogen and oxygen atoms in total. The summed E-state index contributed by atoms with van der Waals surface area (Å²) in [6, 6.07) is 8.41. The van der Waals surface area contributed by atoms with Gasteiger partial charge in [0, 0.05) is 19.0 Å². The molecule has 0 fully saturated rings. The fraction of sp³-hybridized carbons (Fsp3) is 0.357. The summed E-state index contributed by atoms with van der Waals surface area (Å²) in [6.45, 7) is 4.36. The number of anilines is 1. The molecule has 0 N–H and O–H groups in total. The van der Waals surface area contributed by atoms with E-state index in [4.69, 9.17) is 11.6 Å². The van der Waals surface area contributed by atoms with Gasteiger partial charge in [-0.2, -0.15) is 15.0 Å². The smallest absolute Gasteiger partial charge is 0.230 e. The summed E-state index contributed by atoms with van der Waals surface area (Å²) in [7, 11) is 3.75. The fourth-order valence-electron chi connectivity index (χ4n) is 1.59. The summed E-state index contributed by atoms with van der Waals surface area (Å²) in [4.78, 5) is 15.5. The number of rotatable bonds is 4. The Bertz CT molecular complexity index is 584. The van der Waals surface area contributed by atoms with Gasteiger partial charge in [-0.3, -0.25) is 0 Å². The fourth-order valence-corrected chi connectivity index (χ4v) is 2.54. The first-order valence-electron chi connectivity index (χ1n) is 6.32. The standard InChI is InChI=1S/C14H17ClN4S/c1-9(2)10-5-7-11(8-6-10)20-14-17-12(15)16-13(18-14)19(3)4/h5-9H,1-4H3. The van der Waals surface area contributed by atoms with Gasteiger partial charge in [0.2, 0.25) is 11.2 Å². The normalized spacial score (nSPS) is 10.9. The highest BCUT2D eigenvalue weighted by atomic mass is 35.5. The van der Waals surface area contributed by atoms with Crippen LogP contribution in [0.1, 0.15) is 25.3 Å². The Morgan fingerprint density at radius 3 is 2.25 bits per heavy atom. The van der Waals surface area contributed by atoms with Crippen LogP contribution in [0.15, 0.2) is 34.3 Å². The van der Waals surface area contributed by atoms with E-state index in [-0.39, 0.29) is 5.28 Å². The van der Waals surface area contributed by atoms with Crippen LogP contribution in [0.5, 0.6) is 0 Å². The molecule has 2 rings (SSSR count). The van der Waals surface area contributed by atoms with E-state index in [1.54, 1.807) is 4.90 Å². The van der Waals surface area contributed by atoms with Crippen molar-refractivity contribution in [1.82, 2.24) is 15.0 Å². The van der Waals surface area contributed by atoms with E-state index in [0.29, 0.717) is 17.0 Å². The zero-order chi connectivity index (χ0) is 14.7. The minimum atomic E-state index is 0.213. The number of hydrogen-bond acceptors (Lipinski definition) is 5. The van der Waals surface area contributed by atoms with Gasteiger partial charge < -0.3 is 4.90 Å². The third kappa shape index (κ3) is 3.84. The van der Waals surface area contributed by atoms with Gasteiger partial charge in [0.1, 0.15) is 0 Å². The molecule has 0 spiro atoms. The molecule has 0 unspecified atom stereocenters. The highest BCUT2D eigenvalue weighted by molar-refractivity contribution is 7.99. The molecule has 0 bridgehead atoms. The maximum absolute atomic E-state index is 5.92. The third-order valence-electron chi connectivity index (χ3n) is 2.73. The van der Waals surface area contributed by atoms with Crippen molar-refractivity contribution in [3.05, 3.63) is 35.1 Å². The number of hydrogen-bond donors (Lipinski definition) is 0. The molecule has 0 radical (unpaired) electrons. The molecule has 1 heterocycles. The maximum atomic E-state index is 5.92. The number of benzene rings is 1. The SMILES string of the molecule is CC(C)c1ccc(Sc2nc(Cl)nc(N(C)C)n2)cc1. The molecule has 1 aromatic heterocycles. The van der Waals surface area contributed by atoms with E-state index in [9.17, 15) is 0 Å². The Balaban J connectivity index is 2.21. The lowest BCUT2D eigenvalue weighted by molar-refractivity contribution is 0.861. The minimum Gasteiger partial charge on any atom is -0.347 e. The summed E-state index contributed by atoms with van der Waals surface area (Å²) >= 11 is 7.41. The van der Waals surface area contributed by atoms with Crippen LogP contribution >= 0.6 is 23.4 Å². The maximum Gasteiger partial charge on any atom is 0.230 e. The molecule has 20 heavy (non-hydrogen) atoms. The molecular weight excluding hydrogens is 292 g/mol. The molecule has 6 heteroatoms. The van der Waals surface area contributed by atoms with Crippen molar-refractivity contribution in [2.24, 2.45) is 0 Å². The number of nitrogens with zero attached hydrogens (tertiary/aromatic N) is 4. The van der Waals surface area contributed by atoms with Crippen LogP contribution in [-0.4, -0.2) is 29.0 Å². The van der Waals surface area contributed by atoms with Gasteiger partial charge in [-0.15, -0.1) is 0 Å². The number of halogens is 1. The first-order chi connectivity index (χ1) is 9.45. The second kappa shape index (κ2) is 6.41. The van der Waals surface area contributed by atoms with Crippen LogP contribution in [-0.2, 0) is 0 Å². The van der Waals surface area contributed by atoms with Crippen molar-refractivity contribution in [3.63, 3.8) is 0 Å². The molecule has 0 saturated heterocycles. The highest BCUT2D eigenvalue weighted by Gasteiger charge is 2.08. The predicted octanol–water partition coefficient (Wildman–Crippen LogP) is 3.87. The van der Waals surface area contributed by atoms with Crippen LogP contribution in [0.25, 0.3) is 0 Å². The summed E-state index contributed by atoms with van der Waals surface area (Å²) in [5.74, 6) is 1.09. The van der Waals surface area contributed by atoms with Gasteiger partial charge in [-0.05, 0) is 47.0 Å². The van der Waals surface area contributed by atoms with E-state index < -0.39 is 0 Å². The van der Waals surface area contributed by atoms with Gasteiger partial charge in [-0.25, -0.2) is 0 Å². The van der Waals surface area contributed by atoms with Crippen molar-refractivity contribution in [2.75, 3.05) is 19.0 Å². The predicted molar refractivity (Wildman–Crippen MR) is 83.8 cm³/mol. The molecule has 106 valence electrons. The Kier molecular flexibility index (Phi) is 4.83. The molecule has 1 aromatic carbocycles. The first-order valence-corrected chi connectivity index (χ1v) is 7.52. The van der Waals surface area contributed by atoms with Crippen LogP contribution in [0, 0.1) is 0 Å². The van der Waals surface area contributed by atoms with Crippen molar-refractivity contribution < 1.29 is 0 Å². The van der Waals surface area contributed by atoms with Crippen molar-refractivity contribution >= 4 is 29.3 Å². The van der Waals surface area contributed by atoms with Crippen molar-refractivity contribution in [2.45, 2.75) is 29.8 Å². The molecule has 0 aliphatic carbocycles. The monoisotopic (exact) mass is 308 g/mol. The summed E-state index contributed by atoms with van der Waals surface area (Å²) in [5.41, 5.74) is 1.32. The highest BCUT2D eigenvalue weighted by Crippen LogP contribution is 2.27. The third-order valence-corrected chi connectivity index (χ3v) is 3.77. The molecule has 0 saturated carbocycles. The van der Waals surface area contributed by atoms with Crippen molar-refractivity contribution in [3.8, 4) is 0 Å². The van der Waals surface area contributed by atoms with E-state index in [1.165, 1.54) is 17.3 Å². The average Bonchev–Trinajstić information content (AvgIpc) is 2.38. The summed E-state index contributed by atoms with van der Waals surface area (Å²) in [6.07, 6.45) is 0. The Morgan fingerprint density at radius 1 is 1.05 bits per heavy atom. The van der Waals surface area contributed by atoms with E-state index in [2.05, 4.69) is 53.1 Å². The lowest BCUT2D eigenvalue weighted by atomic mass is 10.0. The second-order valence-corrected chi connectivity index (χ2v) is 6.29. The van der Waals surface area contributed by atoms with Gasteiger partial charge in [0.25, 0.3) is 0 Å². The Hall–Kier alpha value is -1.33. The molecule has 0 aliphatic rings. The largest absolute Gasteiger partial charge is 0.347 e. The molecule has 0 aliphatic heterocycles. The van der Waals surface area contributed by atoms with Crippen LogP contribution in [0.3, 0.4) is 0 Å². The van der Waals surface area contributed by atoms with Crippen LogP contribution < -0.4 is 4.90 Å². The quantitative estimate of drug-likeness (QED) is 0.857. The molecular formula is C14H17ClN4S. The van der Waals surface area contributed by atoms with Gasteiger partial charge in [0.15, 0.2) is 5.16 Å². The van der Waals surface area contributed by atoms with E-state index in [0.717, 1.165) is 4.90 Å². The Labute approximate surface area is 128 Å². The van der Waals surface area contributed by atoms with Crippen LogP contribution in [0.4, 0.5) is 5.95 Å². The van der Waals surface area contributed by atoms with E-state index >= 15 is 0 Å². The second-order valence-electron chi connectivity index (χ2n) is 4.91. The lowest BCUT2D eigenvalue weighted by Gasteiger charge is -2.11. The molecule has 0 amide bonds. The first kappa shape index (κ1) is 15.1. The zero-order valence-electron chi connectivity index (χ0n) is 12.0. The van der Waals surface area contributed by atoms with E-state index in [1.807, 2.05) is 14.1 Å². The Morgan fingerprint density at radius 2 is 1.70 bits per heavy atom. The van der Waals surface area contributed by atoms with Gasteiger partial charge in [-0.1, -0.05) is 26.0 Å². The zero-order valence-corrected chi connectivity index (χ0v) is 13.5. The summed E-state index contributed by atoms with van der Waals surface area (Å²) in [5, 5.41) is 0.816. The number of aromatic nitrogens is 3. The van der Waals surface area contributed by atoms with Crippen LogP contribution in [0.2, 0.25) is 5.28 Å².